The van der Waals surface area contributed by atoms with Crippen molar-refractivity contribution in [3.8, 4) is 0 Å². The number of amides is 3. The number of anilines is 1. The molecule has 45 heavy (non-hydrogen) atoms. The number of para-hydroxylation sites is 2. The number of aryl methyl sites for hydroxylation is 1. The number of nitrogens with zero attached hydrogens (tertiary/aromatic N) is 5. The van der Waals surface area contributed by atoms with Crippen molar-refractivity contribution in [1.29, 1.82) is 0 Å². The van der Waals surface area contributed by atoms with E-state index in [9.17, 15) is 14.4 Å². The summed E-state index contributed by atoms with van der Waals surface area (Å²) in [5, 5.41) is 3.53. The van der Waals surface area contributed by atoms with Crippen molar-refractivity contribution in [2.24, 2.45) is 0 Å². The Bertz CT molecular complexity index is 1560. The number of rotatable bonds is 6. The van der Waals surface area contributed by atoms with E-state index >= 15 is 0 Å². The van der Waals surface area contributed by atoms with Crippen LogP contribution in [0.1, 0.15) is 42.9 Å². The van der Waals surface area contributed by atoms with Gasteiger partial charge in [0.2, 0.25) is 5.91 Å². The molecule has 1 aromatic heterocycles. The van der Waals surface area contributed by atoms with Crippen LogP contribution in [0.3, 0.4) is 0 Å². The lowest BCUT2D eigenvalue weighted by molar-refractivity contribution is -0.135. The highest BCUT2D eigenvalue weighted by atomic mass is 35.5. The fourth-order valence-electron chi connectivity index (χ4n) is 7.27. The molecule has 3 aliphatic rings. The van der Waals surface area contributed by atoms with Crippen molar-refractivity contribution in [1.82, 2.24) is 34.5 Å². The summed E-state index contributed by atoms with van der Waals surface area (Å²) < 4.78 is 1.81. The zero-order valence-corrected chi connectivity index (χ0v) is 27.1. The molecule has 3 aromatic rings. The zero-order valence-electron chi connectivity index (χ0n) is 26.3. The molecular formula is C33H45ClN8O3. The number of hydrogen-bond acceptors (Lipinski definition) is 6. The Kier molecular flexibility index (Phi) is 9.39. The molecule has 3 fully saturated rings. The zero-order chi connectivity index (χ0) is 31.7. The summed E-state index contributed by atoms with van der Waals surface area (Å²) in [5.74, 6) is -0.0720. The largest absolute Gasteiger partial charge is 0.397 e. The van der Waals surface area contributed by atoms with E-state index in [4.69, 9.17) is 17.3 Å². The summed E-state index contributed by atoms with van der Waals surface area (Å²) in [5.41, 5.74) is 9.88. The SMILES string of the molecule is Cc1cc(C[C@@H](NC(=O)N2CCC(n3c(=O)[nH]c4ccccc43)CC2)C(=O)N2CCN(C3CCN(C)CC3)CC2)cc(Cl)c1N. The van der Waals surface area contributed by atoms with Crippen LogP contribution in [0.4, 0.5) is 10.5 Å². The minimum atomic E-state index is -0.736. The van der Waals surface area contributed by atoms with Crippen LogP contribution in [0.2, 0.25) is 5.02 Å². The molecule has 0 spiro atoms. The van der Waals surface area contributed by atoms with Gasteiger partial charge in [-0.15, -0.1) is 0 Å². The van der Waals surface area contributed by atoms with Crippen LogP contribution in [-0.2, 0) is 11.2 Å². The summed E-state index contributed by atoms with van der Waals surface area (Å²) >= 11 is 6.41. The van der Waals surface area contributed by atoms with Gasteiger partial charge in [-0.25, -0.2) is 9.59 Å². The van der Waals surface area contributed by atoms with E-state index in [1.807, 2.05) is 46.7 Å². The van der Waals surface area contributed by atoms with E-state index in [-0.39, 0.29) is 23.7 Å². The van der Waals surface area contributed by atoms with Crippen molar-refractivity contribution in [3.05, 3.63) is 63.0 Å². The van der Waals surface area contributed by atoms with E-state index in [1.165, 1.54) is 0 Å². The number of fused-ring (bicyclic) bond motifs is 1. The number of nitrogens with one attached hydrogen (secondary N) is 2. The van der Waals surface area contributed by atoms with Gasteiger partial charge in [0.15, 0.2) is 0 Å². The number of carbonyl (C=O) groups is 2. The van der Waals surface area contributed by atoms with Gasteiger partial charge in [-0.1, -0.05) is 29.8 Å². The fraction of sp³-hybridized carbons (Fsp3) is 0.545. The van der Waals surface area contributed by atoms with Crippen LogP contribution < -0.4 is 16.7 Å². The molecule has 0 saturated carbocycles. The standard InChI is InChI=1S/C33H45ClN8O3/c1-22-19-23(20-26(34)30(22)35)21-28(31(43)40-17-15-39(16-18-40)24-7-11-38(2)12-8-24)37-32(44)41-13-9-25(10-14-41)42-29-6-4-3-5-27(29)36-33(42)45/h3-6,19-20,24-25,28H,7-18,21,35H2,1-2H3,(H,36,45)(H,37,44)/t28-/m1/s1. The molecule has 11 nitrogen and oxygen atoms in total. The number of piperazine rings is 1. The number of hydrogen-bond donors (Lipinski definition) is 3. The normalized spacial score (nSPS) is 20.1. The van der Waals surface area contributed by atoms with E-state index in [0.717, 1.165) is 61.2 Å². The van der Waals surface area contributed by atoms with Crippen molar-refractivity contribution >= 4 is 40.3 Å². The summed E-state index contributed by atoms with van der Waals surface area (Å²) in [6.07, 6.45) is 3.94. The van der Waals surface area contributed by atoms with Gasteiger partial charge in [0.1, 0.15) is 6.04 Å². The highest BCUT2D eigenvalue weighted by molar-refractivity contribution is 6.33. The van der Waals surface area contributed by atoms with Gasteiger partial charge in [0.05, 0.1) is 21.7 Å². The van der Waals surface area contributed by atoms with Gasteiger partial charge in [-0.3, -0.25) is 14.3 Å². The predicted octanol–water partition coefficient (Wildman–Crippen LogP) is 3.07. The smallest absolute Gasteiger partial charge is 0.326 e. The predicted molar refractivity (Wildman–Crippen MR) is 178 cm³/mol. The van der Waals surface area contributed by atoms with E-state index < -0.39 is 6.04 Å². The first-order valence-electron chi connectivity index (χ1n) is 16.2. The molecule has 3 amide bonds. The molecule has 0 radical (unpaired) electrons. The average Bonchev–Trinajstić information content (AvgIpc) is 3.39. The number of nitrogen functional groups attached to an aromatic ring is 1. The Morgan fingerprint density at radius 2 is 1.62 bits per heavy atom. The van der Waals surface area contributed by atoms with Crippen molar-refractivity contribution in [2.75, 3.05) is 65.1 Å². The Balaban J connectivity index is 1.12. The van der Waals surface area contributed by atoms with E-state index in [1.54, 1.807) is 11.0 Å². The Morgan fingerprint density at radius 3 is 2.31 bits per heavy atom. The topological polar surface area (TPSA) is 123 Å². The minimum Gasteiger partial charge on any atom is -0.397 e. The Morgan fingerprint density at radius 1 is 0.956 bits per heavy atom. The number of halogens is 1. The van der Waals surface area contributed by atoms with Crippen molar-refractivity contribution in [2.45, 2.75) is 57.2 Å². The molecule has 4 N–H and O–H groups in total. The van der Waals surface area contributed by atoms with Crippen LogP contribution in [0.15, 0.2) is 41.2 Å². The highest BCUT2D eigenvalue weighted by Crippen LogP contribution is 2.27. The summed E-state index contributed by atoms with van der Waals surface area (Å²) in [6.45, 7) is 8.06. The summed E-state index contributed by atoms with van der Waals surface area (Å²) in [7, 11) is 2.17. The number of nitrogens with two attached hydrogens (primary N) is 1. The number of aromatic nitrogens is 2. The third-order valence-electron chi connectivity index (χ3n) is 10.0. The molecule has 0 bridgehead atoms. The molecule has 4 heterocycles. The molecule has 0 aliphatic carbocycles. The van der Waals surface area contributed by atoms with Gasteiger partial charge in [-0.05, 0) is 82.1 Å². The summed E-state index contributed by atoms with van der Waals surface area (Å²) in [6, 6.07) is 11.0. The second-order valence-corrected chi connectivity index (χ2v) is 13.4. The molecule has 12 heteroatoms. The number of likely N-dealkylation sites (tertiary alicyclic amines) is 2. The van der Waals surface area contributed by atoms with Crippen LogP contribution in [0, 0.1) is 6.92 Å². The first kappa shape index (κ1) is 31.4. The number of urea groups is 1. The van der Waals surface area contributed by atoms with E-state index in [0.29, 0.717) is 62.2 Å². The van der Waals surface area contributed by atoms with Gasteiger partial charge in [-0.2, -0.15) is 0 Å². The van der Waals surface area contributed by atoms with Gasteiger partial charge < -0.3 is 30.7 Å². The Hall–Kier alpha value is -3.54. The maximum absolute atomic E-state index is 14.0. The minimum absolute atomic E-state index is 0.00381. The number of aromatic amines is 1. The highest BCUT2D eigenvalue weighted by Gasteiger charge is 2.34. The van der Waals surface area contributed by atoms with E-state index in [2.05, 4.69) is 27.1 Å². The lowest BCUT2D eigenvalue weighted by Crippen LogP contribution is -2.59. The molecule has 242 valence electrons. The molecule has 6 rings (SSSR count). The Labute approximate surface area is 269 Å². The van der Waals surface area contributed by atoms with Crippen LogP contribution >= 0.6 is 11.6 Å². The third kappa shape index (κ3) is 6.85. The second-order valence-electron chi connectivity index (χ2n) is 12.9. The number of H-pyrrole nitrogens is 1. The van der Waals surface area contributed by atoms with Gasteiger partial charge in [0, 0.05) is 57.8 Å². The first-order chi connectivity index (χ1) is 21.7. The quantitative estimate of drug-likeness (QED) is 0.358. The lowest BCUT2D eigenvalue weighted by Gasteiger charge is -2.43. The van der Waals surface area contributed by atoms with Gasteiger partial charge >= 0.3 is 11.7 Å². The van der Waals surface area contributed by atoms with Crippen LogP contribution in [-0.4, -0.2) is 113 Å². The molecule has 3 saturated heterocycles. The number of piperidine rings is 2. The second kappa shape index (κ2) is 13.4. The molecule has 1 atom stereocenters. The molecular weight excluding hydrogens is 592 g/mol. The molecule has 0 unspecified atom stereocenters. The van der Waals surface area contributed by atoms with Crippen molar-refractivity contribution < 1.29 is 9.59 Å². The number of benzene rings is 2. The maximum Gasteiger partial charge on any atom is 0.326 e. The monoisotopic (exact) mass is 636 g/mol. The average molecular weight is 637 g/mol. The lowest BCUT2D eigenvalue weighted by atomic mass is 10.0. The summed E-state index contributed by atoms with van der Waals surface area (Å²) in [4.78, 5) is 51.9. The first-order valence-corrected chi connectivity index (χ1v) is 16.6. The number of imidazole rings is 1. The van der Waals surface area contributed by atoms with Crippen LogP contribution in [0.5, 0.6) is 0 Å². The maximum atomic E-state index is 14.0. The fourth-order valence-corrected chi connectivity index (χ4v) is 7.56. The number of carbonyl (C=O) groups excluding carboxylic acids is 2. The van der Waals surface area contributed by atoms with Gasteiger partial charge in [0.25, 0.3) is 0 Å². The molecule has 2 aromatic carbocycles. The van der Waals surface area contributed by atoms with Crippen LogP contribution in [0.25, 0.3) is 11.0 Å². The van der Waals surface area contributed by atoms with Crippen molar-refractivity contribution in [3.63, 3.8) is 0 Å². The molecule has 3 aliphatic heterocycles. The third-order valence-corrected chi connectivity index (χ3v) is 10.3.